The van der Waals surface area contributed by atoms with Crippen molar-refractivity contribution in [1.82, 2.24) is 0 Å². The van der Waals surface area contributed by atoms with Gasteiger partial charge in [-0.2, -0.15) is 0 Å². The van der Waals surface area contributed by atoms with E-state index in [2.05, 4.69) is 0 Å². The van der Waals surface area contributed by atoms with Crippen molar-refractivity contribution in [2.45, 2.75) is 85.1 Å². The minimum Gasteiger partial charge on any atom is -0.462 e. The molecule has 0 radical (unpaired) electrons. The number of carbonyl (C=O) groups is 8. The fraction of sp³-hybridized carbons (Fsp3) is 0.636. The van der Waals surface area contributed by atoms with Crippen LogP contribution in [0.15, 0.2) is 0 Å². The van der Waals surface area contributed by atoms with E-state index in [0.717, 1.165) is 48.5 Å². The van der Waals surface area contributed by atoms with Gasteiger partial charge in [-0.05, 0) is 0 Å². The third kappa shape index (κ3) is 12.6. The molecule has 0 spiro atoms. The summed E-state index contributed by atoms with van der Waals surface area (Å²) in [5.41, 5.74) is 5.33. The molecule has 38 heavy (non-hydrogen) atoms. The SMILES string of the molecule is CC(=O)OC[C@@H](OC(C)=O)[C@H](OC(C)=O)[C@H](OC(C)=O)[C@H](OC(C)=O)[C@H](OC(C)=O)[C@H](OC(C)=O)C(N)=O. The number of primary amides is 1. The lowest BCUT2D eigenvalue weighted by Gasteiger charge is -2.39. The molecule has 0 aromatic heterocycles. The predicted octanol–water partition coefficient (Wildman–Crippen LogP) is -1.37. The van der Waals surface area contributed by atoms with Crippen LogP contribution in [0.3, 0.4) is 0 Å². The highest BCUT2D eigenvalue weighted by Crippen LogP contribution is 2.26. The number of amides is 1. The van der Waals surface area contributed by atoms with Gasteiger partial charge in [0.2, 0.25) is 6.10 Å². The first-order chi connectivity index (χ1) is 17.5. The van der Waals surface area contributed by atoms with Crippen molar-refractivity contribution in [3.8, 4) is 0 Å². The summed E-state index contributed by atoms with van der Waals surface area (Å²) in [5.74, 6) is -8.55. The largest absolute Gasteiger partial charge is 0.462 e. The van der Waals surface area contributed by atoms with Crippen LogP contribution >= 0.6 is 0 Å². The Morgan fingerprint density at radius 3 is 1.16 bits per heavy atom. The molecule has 1 amide bonds. The molecule has 0 aliphatic rings. The van der Waals surface area contributed by atoms with Crippen molar-refractivity contribution in [2.24, 2.45) is 5.73 Å². The van der Waals surface area contributed by atoms with Crippen LogP contribution in [0.4, 0.5) is 0 Å². The molecular formula is C22H31NO15. The van der Waals surface area contributed by atoms with Crippen LogP contribution < -0.4 is 5.73 Å². The van der Waals surface area contributed by atoms with Crippen molar-refractivity contribution in [2.75, 3.05) is 6.61 Å². The summed E-state index contributed by atoms with van der Waals surface area (Å²) < 4.78 is 35.6. The van der Waals surface area contributed by atoms with Gasteiger partial charge in [-0.1, -0.05) is 0 Å². The van der Waals surface area contributed by atoms with Crippen LogP contribution in [0.5, 0.6) is 0 Å². The summed E-state index contributed by atoms with van der Waals surface area (Å²) in [4.78, 5) is 95.2. The van der Waals surface area contributed by atoms with Crippen molar-refractivity contribution >= 4 is 47.7 Å². The third-order valence-electron chi connectivity index (χ3n) is 4.19. The molecule has 0 aromatic rings. The van der Waals surface area contributed by atoms with Crippen LogP contribution in [0.1, 0.15) is 48.5 Å². The monoisotopic (exact) mass is 549 g/mol. The Morgan fingerprint density at radius 2 is 0.816 bits per heavy atom. The maximum absolute atomic E-state index is 12.2. The van der Waals surface area contributed by atoms with E-state index in [-0.39, 0.29) is 0 Å². The summed E-state index contributed by atoms with van der Waals surface area (Å²) in [6, 6.07) is 0. The zero-order valence-electron chi connectivity index (χ0n) is 21.9. The Kier molecular flexibility index (Phi) is 14.0. The van der Waals surface area contributed by atoms with E-state index < -0.39 is 90.9 Å². The average molecular weight is 549 g/mol. The van der Waals surface area contributed by atoms with Gasteiger partial charge in [0.15, 0.2) is 30.5 Å². The molecule has 0 aromatic carbocycles. The van der Waals surface area contributed by atoms with Gasteiger partial charge in [0.05, 0.1) is 0 Å². The molecule has 0 saturated heterocycles. The number of esters is 7. The topological polar surface area (TPSA) is 227 Å². The highest BCUT2D eigenvalue weighted by Gasteiger charge is 2.52. The number of hydrogen-bond acceptors (Lipinski definition) is 15. The Balaban J connectivity index is 7.22. The number of ether oxygens (including phenoxy) is 7. The molecule has 2 N–H and O–H groups in total. The average Bonchev–Trinajstić information content (AvgIpc) is 2.73. The number of nitrogens with two attached hydrogens (primary N) is 1. The van der Waals surface area contributed by atoms with E-state index in [9.17, 15) is 38.4 Å². The molecule has 16 heteroatoms. The smallest absolute Gasteiger partial charge is 0.303 e. The summed E-state index contributed by atoms with van der Waals surface area (Å²) in [7, 11) is 0. The molecule has 0 bridgehead atoms. The molecule has 0 aliphatic heterocycles. The number of carbonyl (C=O) groups excluding carboxylic acids is 8. The second-order valence-electron chi connectivity index (χ2n) is 7.68. The second-order valence-corrected chi connectivity index (χ2v) is 7.68. The van der Waals surface area contributed by atoms with Crippen molar-refractivity contribution in [1.29, 1.82) is 0 Å². The quantitative estimate of drug-likeness (QED) is 0.195. The van der Waals surface area contributed by atoms with Gasteiger partial charge in [-0.25, -0.2) is 0 Å². The maximum Gasteiger partial charge on any atom is 0.303 e. The number of rotatable bonds is 14. The Hall–Kier alpha value is -4.24. The van der Waals surface area contributed by atoms with Gasteiger partial charge < -0.3 is 38.9 Å². The fourth-order valence-corrected chi connectivity index (χ4v) is 3.14. The van der Waals surface area contributed by atoms with Crippen LogP contribution in [0.2, 0.25) is 0 Å². The number of hydrogen-bond donors (Lipinski definition) is 1. The first-order valence-corrected chi connectivity index (χ1v) is 10.9. The minimum absolute atomic E-state index is 0.751. The standard InChI is InChI=1S/C22H31NO15/c1-9(24)32-8-16(33-10(2)25)17(34-11(3)26)18(35-12(4)27)19(36-13(5)28)20(37-14(6)29)21(22(23)31)38-15(7)30/h16-21H,8H2,1-7H3,(H2,23,31)/t16-,17+,18+,19+,20+,21+/m1/s1. The molecule has 16 nitrogen and oxygen atoms in total. The molecule has 0 fully saturated rings. The first kappa shape index (κ1) is 33.8. The molecule has 0 rings (SSSR count). The van der Waals surface area contributed by atoms with Gasteiger partial charge in [-0.3, -0.25) is 38.4 Å². The summed E-state index contributed by atoms with van der Waals surface area (Å²) in [6.07, 6.45) is -11.9. The second kappa shape index (κ2) is 15.8. The molecule has 0 saturated carbocycles. The molecule has 0 unspecified atom stereocenters. The zero-order valence-corrected chi connectivity index (χ0v) is 21.9. The molecular weight excluding hydrogens is 518 g/mol. The van der Waals surface area contributed by atoms with E-state index in [1.165, 1.54) is 0 Å². The van der Waals surface area contributed by atoms with E-state index in [1.807, 2.05) is 0 Å². The van der Waals surface area contributed by atoms with E-state index in [0.29, 0.717) is 0 Å². The van der Waals surface area contributed by atoms with Crippen LogP contribution in [-0.2, 0) is 71.5 Å². The fourth-order valence-electron chi connectivity index (χ4n) is 3.14. The van der Waals surface area contributed by atoms with Gasteiger partial charge >= 0.3 is 41.8 Å². The van der Waals surface area contributed by atoms with E-state index >= 15 is 0 Å². The first-order valence-electron chi connectivity index (χ1n) is 10.9. The predicted molar refractivity (Wildman–Crippen MR) is 119 cm³/mol. The van der Waals surface area contributed by atoms with E-state index in [4.69, 9.17) is 38.9 Å². The van der Waals surface area contributed by atoms with Gasteiger partial charge in [-0.15, -0.1) is 0 Å². The van der Waals surface area contributed by atoms with E-state index in [1.54, 1.807) is 0 Å². The highest BCUT2D eigenvalue weighted by molar-refractivity contribution is 5.83. The summed E-state index contributed by atoms with van der Waals surface area (Å²) in [6.45, 7) is 5.71. The van der Waals surface area contributed by atoms with Crippen molar-refractivity contribution in [3.63, 3.8) is 0 Å². The van der Waals surface area contributed by atoms with Gasteiger partial charge in [0, 0.05) is 48.5 Å². The van der Waals surface area contributed by atoms with Gasteiger partial charge in [0.1, 0.15) is 6.61 Å². The Labute approximate surface area is 217 Å². The summed E-state index contributed by atoms with van der Waals surface area (Å²) in [5, 5.41) is 0. The van der Waals surface area contributed by atoms with Crippen LogP contribution in [0.25, 0.3) is 0 Å². The van der Waals surface area contributed by atoms with Crippen LogP contribution in [-0.4, -0.2) is 90.9 Å². The maximum atomic E-state index is 12.2. The van der Waals surface area contributed by atoms with Crippen molar-refractivity contribution < 1.29 is 71.5 Å². The lowest BCUT2D eigenvalue weighted by Crippen LogP contribution is -2.61. The lowest BCUT2D eigenvalue weighted by atomic mass is 9.94. The molecule has 0 aliphatic carbocycles. The Morgan fingerprint density at radius 1 is 0.474 bits per heavy atom. The zero-order chi connectivity index (χ0) is 29.7. The normalized spacial score (nSPS) is 15.1. The Bertz CT molecular complexity index is 930. The van der Waals surface area contributed by atoms with Gasteiger partial charge in [0.25, 0.3) is 5.91 Å². The lowest BCUT2D eigenvalue weighted by molar-refractivity contribution is -0.221. The van der Waals surface area contributed by atoms with Crippen molar-refractivity contribution in [3.05, 3.63) is 0 Å². The molecule has 0 heterocycles. The molecule has 214 valence electrons. The third-order valence-corrected chi connectivity index (χ3v) is 4.19. The highest BCUT2D eigenvalue weighted by atomic mass is 16.7. The minimum atomic E-state index is -2.11. The molecule has 6 atom stereocenters. The summed E-state index contributed by atoms with van der Waals surface area (Å²) >= 11 is 0. The van der Waals surface area contributed by atoms with Crippen LogP contribution in [0, 0.1) is 0 Å².